The Kier molecular flexibility index (Phi) is 3.24. The van der Waals surface area contributed by atoms with Crippen LogP contribution in [0.5, 0.6) is 0 Å². The molecule has 0 aromatic heterocycles. The van der Waals surface area contributed by atoms with Crippen molar-refractivity contribution < 1.29 is 15.0 Å². The molecule has 118 valence electrons. The lowest BCUT2D eigenvalue weighted by Gasteiger charge is -2.55. The molecule has 0 aromatic carbocycles. The number of fused-ring (bicyclic) bond motifs is 5. The first-order valence-electron chi connectivity index (χ1n) is 8.92. The topological polar surface area (TPSA) is 57.5 Å². The molecule has 0 aromatic rings. The third kappa shape index (κ3) is 1.89. The molecule has 2 N–H and O–H groups in total. The monoisotopic (exact) mass is 292 g/mol. The van der Waals surface area contributed by atoms with Gasteiger partial charge in [0.25, 0.3) is 0 Å². The molecule has 0 bridgehead atoms. The molecule has 0 saturated heterocycles. The van der Waals surface area contributed by atoms with Crippen LogP contribution in [0.2, 0.25) is 0 Å². The van der Waals surface area contributed by atoms with Crippen molar-refractivity contribution in [3.8, 4) is 0 Å². The summed E-state index contributed by atoms with van der Waals surface area (Å²) in [5.74, 6) is 3.37. The Hall–Kier alpha value is -0.410. The predicted molar refractivity (Wildman–Crippen MR) is 79.5 cm³/mol. The van der Waals surface area contributed by atoms with Gasteiger partial charge in [-0.25, -0.2) is 0 Å². The van der Waals surface area contributed by atoms with E-state index in [1.807, 2.05) is 0 Å². The maximum absolute atomic E-state index is 12.3. The van der Waals surface area contributed by atoms with Crippen LogP contribution in [0.1, 0.15) is 58.3 Å². The summed E-state index contributed by atoms with van der Waals surface area (Å²) in [6, 6.07) is 0. The van der Waals surface area contributed by atoms with Crippen molar-refractivity contribution in [3.63, 3.8) is 0 Å². The quantitative estimate of drug-likeness (QED) is 0.721. The molecule has 0 radical (unpaired) electrons. The lowest BCUT2D eigenvalue weighted by atomic mass is 9.50. The Balaban J connectivity index is 1.59. The van der Waals surface area contributed by atoms with E-state index in [2.05, 4.69) is 6.92 Å². The number of carbonyl (C=O) groups excluding carboxylic acids is 1. The second-order valence-electron chi connectivity index (χ2n) is 8.39. The lowest BCUT2D eigenvalue weighted by molar-refractivity contribution is -0.141. The second kappa shape index (κ2) is 4.79. The van der Waals surface area contributed by atoms with Crippen LogP contribution < -0.4 is 0 Å². The zero-order chi connectivity index (χ0) is 14.8. The Bertz CT molecular complexity index is 448. The van der Waals surface area contributed by atoms with Gasteiger partial charge in [0.1, 0.15) is 5.78 Å². The third-order valence-electron chi connectivity index (χ3n) is 7.76. The molecule has 1 unspecified atom stereocenters. The van der Waals surface area contributed by atoms with Gasteiger partial charge in [0.2, 0.25) is 0 Å². The van der Waals surface area contributed by atoms with Crippen LogP contribution in [0.4, 0.5) is 0 Å². The summed E-state index contributed by atoms with van der Waals surface area (Å²) in [7, 11) is 0. The largest absolute Gasteiger partial charge is 0.390 e. The molecule has 0 amide bonds. The third-order valence-corrected chi connectivity index (χ3v) is 7.76. The average molecular weight is 292 g/mol. The van der Waals surface area contributed by atoms with E-state index in [0.717, 1.165) is 51.4 Å². The van der Waals surface area contributed by atoms with E-state index < -0.39 is 12.2 Å². The first kappa shape index (κ1) is 14.2. The molecular weight excluding hydrogens is 264 g/mol. The highest BCUT2D eigenvalue weighted by Gasteiger charge is 2.57. The molecule has 0 heterocycles. The van der Waals surface area contributed by atoms with E-state index >= 15 is 0 Å². The fourth-order valence-electron chi connectivity index (χ4n) is 6.62. The number of hydrogen-bond acceptors (Lipinski definition) is 3. The maximum atomic E-state index is 12.3. The summed E-state index contributed by atoms with van der Waals surface area (Å²) in [5.41, 5.74) is -0.0409. The highest BCUT2D eigenvalue weighted by molar-refractivity contribution is 5.87. The minimum Gasteiger partial charge on any atom is -0.390 e. The normalized spacial score (nSPS) is 56.5. The minimum absolute atomic E-state index is 0.0409. The zero-order valence-electron chi connectivity index (χ0n) is 13.0. The number of hydrogen-bond donors (Lipinski definition) is 2. The fourth-order valence-corrected chi connectivity index (χ4v) is 6.62. The summed E-state index contributed by atoms with van der Waals surface area (Å²) in [6.07, 6.45) is 7.11. The van der Waals surface area contributed by atoms with Gasteiger partial charge in [-0.2, -0.15) is 0 Å². The first-order valence-corrected chi connectivity index (χ1v) is 8.92. The highest BCUT2D eigenvalue weighted by atomic mass is 16.3. The van der Waals surface area contributed by atoms with E-state index in [-0.39, 0.29) is 5.41 Å². The molecule has 8 atom stereocenters. The van der Waals surface area contributed by atoms with Gasteiger partial charge in [0, 0.05) is 11.8 Å². The number of aliphatic hydroxyl groups excluding tert-OH is 2. The van der Waals surface area contributed by atoms with Crippen molar-refractivity contribution in [1.29, 1.82) is 0 Å². The van der Waals surface area contributed by atoms with Gasteiger partial charge in [0.05, 0.1) is 12.2 Å². The molecule has 3 nitrogen and oxygen atoms in total. The fraction of sp³-hybridized carbons (Fsp3) is 0.944. The predicted octanol–water partition coefficient (Wildman–Crippen LogP) is 2.54. The lowest BCUT2D eigenvalue weighted by Crippen LogP contribution is -2.53. The maximum Gasteiger partial charge on any atom is 0.139 e. The second-order valence-corrected chi connectivity index (χ2v) is 8.39. The summed E-state index contributed by atoms with van der Waals surface area (Å²) in [5, 5.41) is 20.3. The van der Waals surface area contributed by atoms with E-state index in [9.17, 15) is 15.0 Å². The Labute approximate surface area is 127 Å². The molecule has 4 aliphatic rings. The van der Waals surface area contributed by atoms with Gasteiger partial charge in [-0.05, 0) is 74.5 Å². The van der Waals surface area contributed by atoms with Crippen LogP contribution in [0.3, 0.4) is 0 Å². The van der Waals surface area contributed by atoms with Crippen LogP contribution >= 0.6 is 0 Å². The first-order chi connectivity index (χ1) is 10.0. The summed E-state index contributed by atoms with van der Waals surface area (Å²) in [4.78, 5) is 12.3. The SMILES string of the molecule is C[C@]12CC[C@@H]3[C@H]4CC[C@H](O)C(O)[C@H]4CC[C@H]3[C@@H]1CCC2=O. The van der Waals surface area contributed by atoms with Gasteiger partial charge < -0.3 is 10.2 Å². The summed E-state index contributed by atoms with van der Waals surface area (Å²) >= 11 is 0. The Morgan fingerprint density at radius 2 is 1.57 bits per heavy atom. The van der Waals surface area contributed by atoms with Crippen molar-refractivity contribution in [1.82, 2.24) is 0 Å². The average Bonchev–Trinajstić information content (AvgIpc) is 2.78. The standard InChI is InChI=1S/C18H28O3/c1-18-9-8-11-10-4-6-15(19)17(21)13(10)3-2-12(11)14(18)5-7-16(18)20/h10-15,17,19,21H,2-9H2,1H3/t10-,11-,12-,13+,14+,15+,17?,18+/m1/s1. The summed E-state index contributed by atoms with van der Waals surface area (Å²) in [6.45, 7) is 2.22. The highest BCUT2D eigenvalue weighted by Crippen LogP contribution is 2.61. The molecule has 21 heavy (non-hydrogen) atoms. The van der Waals surface area contributed by atoms with Crippen LogP contribution in [-0.2, 0) is 4.79 Å². The Morgan fingerprint density at radius 3 is 2.38 bits per heavy atom. The van der Waals surface area contributed by atoms with Crippen molar-refractivity contribution in [2.45, 2.75) is 70.5 Å². The van der Waals surface area contributed by atoms with E-state index in [0.29, 0.717) is 35.4 Å². The number of aliphatic hydroxyl groups is 2. The zero-order valence-corrected chi connectivity index (χ0v) is 13.0. The molecule has 4 rings (SSSR count). The molecular formula is C18H28O3. The van der Waals surface area contributed by atoms with Gasteiger partial charge in [-0.15, -0.1) is 0 Å². The van der Waals surface area contributed by atoms with Gasteiger partial charge in [0.15, 0.2) is 0 Å². The Morgan fingerprint density at radius 1 is 0.905 bits per heavy atom. The van der Waals surface area contributed by atoms with Gasteiger partial charge in [-0.1, -0.05) is 6.92 Å². The molecule has 0 spiro atoms. The van der Waals surface area contributed by atoms with Crippen LogP contribution in [0, 0.1) is 35.0 Å². The van der Waals surface area contributed by atoms with E-state index in [1.165, 1.54) is 0 Å². The summed E-state index contributed by atoms with van der Waals surface area (Å²) < 4.78 is 0. The molecule has 3 heteroatoms. The van der Waals surface area contributed by atoms with E-state index in [1.54, 1.807) is 0 Å². The minimum atomic E-state index is -0.511. The number of ketones is 1. The van der Waals surface area contributed by atoms with E-state index in [4.69, 9.17) is 0 Å². The number of Topliss-reactive ketones (excluding diaryl/α,β-unsaturated/α-hetero) is 1. The van der Waals surface area contributed by atoms with Crippen LogP contribution in [0.25, 0.3) is 0 Å². The molecule has 4 aliphatic carbocycles. The molecule has 0 aliphatic heterocycles. The molecule has 4 fully saturated rings. The van der Waals surface area contributed by atoms with Gasteiger partial charge in [-0.3, -0.25) is 4.79 Å². The van der Waals surface area contributed by atoms with Crippen molar-refractivity contribution >= 4 is 5.78 Å². The molecule has 4 saturated carbocycles. The van der Waals surface area contributed by atoms with Crippen molar-refractivity contribution in [2.75, 3.05) is 0 Å². The van der Waals surface area contributed by atoms with Crippen molar-refractivity contribution in [3.05, 3.63) is 0 Å². The van der Waals surface area contributed by atoms with Gasteiger partial charge >= 0.3 is 0 Å². The van der Waals surface area contributed by atoms with Crippen molar-refractivity contribution in [2.24, 2.45) is 35.0 Å². The number of carbonyl (C=O) groups is 1. The van der Waals surface area contributed by atoms with Crippen LogP contribution in [-0.4, -0.2) is 28.2 Å². The smallest absolute Gasteiger partial charge is 0.139 e. The number of rotatable bonds is 0. The van der Waals surface area contributed by atoms with Crippen LogP contribution in [0.15, 0.2) is 0 Å².